The minimum absolute atomic E-state index is 0.0882. The molecule has 4 rings (SSSR count). The van der Waals surface area contributed by atoms with Crippen LogP contribution in [0.3, 0.4) is 0 Å². The van der Waals surface area contributed by atoms with Crippen molar-refractivity contribution in [2.75, 3.05) is 39.3 Å². The summed E-state index contributed by atoms with van der Waals surface area (Å²) in [5.41, 5.74) is 3.81. The van der Waals surface area contributed by atoms with Crippen molar-refractivity contribution in [1.82, 2.24) is 9.80 Å². The van der Waals surface area contributed by atoms with Crippen LogP contribution in [0.1, 0.15) is 57.1 Å². The molecule has 200 valence electrons. The highest BCUT2D eigenvalue weighted by atomic mass is 19.3. The maximum Gasteiger partial charge on any atom is 0.410 e. The molecule has 0 atom stereocenters. The zero-order valence-corrected chi connectivity index (χ0v) is 21.8. The smallest absolute Gasteiger partial charge is 0.410 e. The molecule has 0 spiro atoms. The summed E-state index contributed by atoms with van der Waals surface area (Å²) in [6.07, 6.45) is -0.349. The lowest BCUT2D eigenvalue weighted by Crippen LogP contribution is -2.43. The van der Waals surface area contributed by atoms with Crippen molar-refractivity contribution in [3.8, 4) is 11.1 Å². The van der Waals surface area contributed by atoms with Gasteiger partial charge in [-0.3, -0.25) is 9.69 Å². The van der Waals surface area contributed by atoms with Crippen LogP contribution < -0.4 is 0 Å². The van der Waals surface area contributed by atoms with Gasteiger partial charge in [0.05, 0.1) is 0 Å². The summed E-state index contributed by atoms with van der Waals surface area (Å²) in [6, 6.07) is 16.2. The van der Waals surface area contributed by atoms with E-state index in [1.54, 1.807) is 20.8 Å². The van der Waals surface area contributed by atoms with E-state index in [0.29, 0.717) is 26.1 Å². The summed E-state index contributed by atoms with van der Waals surface area (Å²) >= 11 is 0. The number of fused-ring (bicyclic) bond motifs is 3. The maximum absolute atomic E-state index is 13.5. The quantitative estimate of drug-likeness (QED) is 0.423. The number of amides is 1. The second kappa shape index (κ2) is 11.2. The molecule has 0 saturated carbocycles. The summed E-state index contributed by atoms with van der Waals surface area (Å²) in [4.78, 5) is 29.0. The fraction of sp³-hybridized carbons (Fsp3) is 0.517. The Morgan fingerprint density at radius 2 is 1.57 bits per heavy atom. The lowest BCUT2D eigenvalue weighted by molar-refractivity contribution is -0.155. The third-order valence-electron chi connectivity index (χ3n) is 6.82. The van der Waals surface area contributed by atoms with Crippen LogP contribution in [-0.2, 0) is 14.3 Å². The average molecular weight is 515 g/mol. The summed E-state index contributed by atoms with van der Waals surface area (Å²) in [5, 5.41) is 0. The Morgan fingerprint density at radius 1 is 1.00 bits per heavy atom. The molecular formula is C29H36F2N2O4. The molecule has 1 amide bonds. The number of ether oxygens (including phenoxy) is 2. The largest absolute Gasteiger partial charge is 0.459 e. The molecule has 0 unspecified atom stereocenters. The number of carbonyl (C=O) groups is 2. The van der Waals surface area contributed by atoms with Crippen LogP contribution in [0.4, 0.5) is 13.6 Å². The van der Waals surface area contributed by atoms with E-state index < -0.39 is 23.6 Å². The van der Waals surface area contributed by atoms with Gasteiger partial charge in [-0.25, -0.2) is 13.6 Å². The number of alkyl halides is 2. The molecule has 0 radical (unpaired) electrons. The second-order valence-electron chi connectivity index (χ2n) is 10.9. The van der Waals surface area contributed by atoms with E-state index in [4.69, 9.17) is 9.47 Å². The van der Waals surface area contributed by atoms with E-state index in [1.807, 2.05) is 29.2 Å². The number of nitrogens with zero attached hydrogens (tertiary/aromatic N) is 2. The maximum atomic E-state index is 13.5. The number of carbonyl (C=O) groups excluding carboxylic acids is 2. The van der Waals surface area contributed by atoms with Crippen molar-refractivity contribution in [3.05, 3.63) is 59.7 Å². The number of likely N-dealkylation sites (tertiary alicyclic amines) is 1. The lowest BCUT2D eigenvalue weighted by atomic mass is 9.98. The monoisotopic (exact) mass is 514 g/mol. The highest BCUT2D eigenvalue weighted by molar-refractivity contribution is 5.80. The predicted molar refractivity (Wildman–Crippen MR) is 138 cm³/mol. The molecule has 6 nitrogen and oxygen atoms in total. The van der Waals surface area contributed by atoms with Gasteiger partial charge in [0.25, 0.3) is 5.92 Å². The first kappa shape index (κ1) is 27.0. The van der Waals surface area contributed by atoms with Gasteiger partial charge in [-0.2, -0.15) is 0 Å². The SMILES string of the molecule is CC(C)(C)OC(=O)CN(CCCN1CCC(F)(F)CC1)C(=O)OCC1c2ccccc2-c2ccccc21. The van der Waals surface area contributed by atoms with Crippen molar-refractivity contribution in [1.29, 1.82) is 0 Å². The number of halogens is 2. The Bertz CT molecular complexity index is 1060. The minimum Gasteiger partial charge on any atom is -0.459 e. The van der Waals surface area contributed by atoms with Crippen molar-refractivity contribution < 1.29 is 27.8 Å². The van der Waals surface area contributed by atoms with Crippen molar-refractivity contribution in [2.45, 2.75) is 57.5 Å². The minimum atomic E-state index is -2.60. The molecule has 2 aliphatic rings. The molecule has 0 aromatic heterocycles. The number of esters is 1. The highest BCUT2D eigenvalue weighted by Crippen LogP contribution is 2.44. The zero-order chi connectivity index (χ0) is 26.6. The first-order valence-electron chi connectivity index (χ1n) is 12.9. The fourth-order valence-corrected chi connectivity index (χ4v) is 5.04. The molecule has 2 aromatic carbocycles. The molecule has 0 bridgehead atoms. The van der Waals surface area contributed by atoms with Crippen LogP contribution in [0, 0.1) is 0 Å². The first-order valence-corrected chi connectivity index (χ1v) is 12.9. The summed E-state index contributed by atoms with van der Waals surface area (Å²) < 4.78 is 38.1. The third-order valence-corrected chi connectivity index (χ3v) is 6.82. The van der Waals surface area contributed by atoms with Gasteiger partial charge in [-0.1, -0.05) is 48.5 Å². The number of rotatable bonds is 8. The van der Waals surface area contributed by atoms with E-state index in [0.717, 1.165) is 22.3 Å². The summed E-state index contributed by atoms with van der Waals surface area (Å²) in [5.74, 6) is -3.20. The fourth-order valence-electron chi connectivity index (χ4n) is 5.04. The predicted octanol–water partition coefficient (Wildman–Crippen LogP) is 5.70. The molecule has 1 fully saturated rings. The van der Waals surface area contributed by atoms with Gasteiger partial charge in [0, 0.05) is 38.4 Å². The van der Waals surface area contributed by atoms with E-state index in [-0.39, 0.29) is 38.5 Å². The van der Waals surface area contributed by atoms with Crippen molar-refractivity contribution >= 4 is 12.1 Å². The highest BCUT2D eigenvalue weighted by Gasteiger charge is 2.34. The van der Waals surface area contributed by atoms with E-state index in [1.165, 1.54) is 4.90 Å². The third kappa shape index (κ3) is 7.06. The lowest BCUT2D eigenvalue weighted by Gasteiger charge is -2.32. The van der Waals surface area contributed by atoms with Crippen LogP contribution in [0.2, 0.25) is 0 Å². The molecule has 8 heteroatoms. The number of piperidine rings is 1. The van der Waals surface area contributed by atoms with Gasteiger partial charge < -0.3 is 14.4 Å². The van der Waals surface area contributed by atoms with Gasteiger partial charge in [0.1, 0.15) is 18.8 Å². The molecule has 37 heavy (non-hydrogen) atoms. The molecule has 1 aliphatic heterocycles. The number of benzene rings is 2. The molecule has 1 saturated heterocycles. The van der Waals surface area contributed by atoms with Gasteiger partial charge in [-0.05, 0) is 56.0 Å². The van der Waals surface area contributed by atoms with Crippen LogP contribution in [0.25, 0.3) is 11.1 Å². The van der Waals surface area contributed by atoms with Crippen molar-refractivity contribution in [3.63, 3.8) is 0 Å². The van der Waals surface area contributed by atoms with Gasteiger partial charge in [0.2, 0.25) is 0 Å². The summed E-state index contributed by atoms with van der Waals surface area (Å²) in [7, 11) is 0. The van der Waals surface area contributed by atoms with Gasteiger partial charge in [-0.15, -0.1) is 0 Å². The first-order chi connectivity index (χ1) is 17.5. The Balaban J connectivity index is 1.39. The second-order valence-corrected chi connectivity index (χ2v) is 10.9. The Hall–Kier alpha value is -3.00. The number of hydrogen-bond donors (Lipinski definition) is 0. The normalized spacial score (nSPS) is 17.1. The Labute approximate surface area is 217 Å². The molecule has 0 N–H and O–H groups in total. The van der Waals surface area contributed by atoms with E-state index in [2.05, 4.69) is 24.3 Å². The molecule has 1 heterocycles. The van der Waals surface area contributed by atoms with Crippen molar-refractivity contribution in [2.24, 2.45) is 0 Å². The Kier molecular flexibility index (Phi) is 8.17. The molecule has 2 aromatic rings. The summed E-state index contributed by atoms with van der Waals surface area (Å²) in [6.45, 7) is 6.72. The number of hydrogen-bond acceptors (Lipinski definition) is 5. The zero-order valence-electron chi connectivity index (χ0n) is 21.8. The topological polar surface area (TPSA) is 59.1 Å². The van der Waals surface area contributed by atoms with Gasteiger partial charge >= 0.3 is 12.1 Å². The van der Waals surface area contributed by atoms with E-state index >= 15 is 0 Å². The Morgan fingerprint density at radius 3 is 2.14 bits per heavy atom. The van der Waals surface area contributed by atoms with Crippen LogP contribution in [0.5, 0.6) is 0 Å². The molecule has 1 aliphatic carbocycles. The van der Waals surface area contributed by atoms with Crippen LogP contribution >= 0.6 is 0 Å². The molecular weight excluding hydrogens is 478 g/mol. The van der Waals surface area contributed by atoms with Crippen LogP contribution in [0.15, 0.2) is 48.5 Å². The van der Waals surface area contributed by atoms with Gasteiger partial charge in [0.15, 0.2) is 0 Å². The average Bonchev–Trinajstić information content (AvgIpc) is 3.15. The standard InChI is InChI=1S/C29H36F2N2O4/c1-28(2,3)37-26(34)19-33(16-8-15-32-17-13-29(30,31)14-18-32)27(35)36-20-25-23-11-6-4-9-21(23)22-10-5-7-12-24(22)25/h4-7,9-12,25H,8,13-20H2,1-3H3. The van der Waals surface area contributed by atoms with E-state index in [9.17, 15) is 18.4 Å². The van der Waals surface area contributed by atoms with Crippen LogP contribution in [-0.4, -0.2) is 72.7 Å².